The molecule has 0 heterocycles. The molecule has 0 aliphatic carbocycles. The maximum atomic E-state index is 13.3. The van der Waals surface area contributed by atoms with E-state index < -0.39 is 6.04 Å². The van der Waals surface area contributed by atoms with E-state index in [1.165, 1.54) is 23.9 Å². The van der Waals surface area contributed by atoms with Crippen LogP contribution in [-0.2, 0) is 21.9 Å². The molecule has 174 valence electrons. The van der Waals surface area contributed by atoms with Crippen LogP contribution in [0, 0.1) is 5.82 Å². The fourth-order valence-corrected chi connectivity index (χ4v) is 4.29. The third kappa shape index (κ3) is 7.98. The highest BCUT2D eigenvalue weighted by atomic mass is 35.5. The molecule has 0 aromatic heterocycles. The molecule has 0 aliphatic rings. The van der Waals surface area contributed by atoms with Gasteiger partial charge in [0.2, 0.25) is 11.8 Å². The Morgan fingerprint density at radius 1 is 1.03 bits per heavy atom. The Morgan fingerprint density at radius 3 is 2.28 bits per heavy atom. The molecule has 0 radical (unpaired) electrons. The summed E-state index contributed by atoms with van der Waals surface area (Å²) in [6.45, 7) is 6.05. The maximum Gasteiger partial charge on any atom is 0.243 e. The van der Waals surface area contributed by atoms with Gasteiger partial charge >= 0.3 is 0 Å². The number of halogens is 3. The van der Waals surface area contributed by atoms with E-state index in [1.54, 1.807) is 29.2 Å². The lowest BCUT2D eigenvalue weighted by Crippen LogP contribution is -2.51. The lowest BCUT2D eigenvalue weighted by molar-refractivity contribution is -0.139. The van der Waals surface area contributed by atoms with Gasteiger partial charge in [0.1, 0.15) is 11.9 Å². The van der Waals surface area contributed by atoms with Gasteiger partial charge in [-0.25, -0.2) is 4.39 Å². The van der Waals surface area contributed by atoms with Crippen molar-refractivity contribution in [2.24, 2.45) is 0 Å². The predicted octanol–water partition coefficient (Wildman–Crippen LogP) is 6.09. The van der Waals surface area contributed by atoms with Crippen LogP contribution in [0.2, 0.25) is 10.0 Å². The Morgan fingerprint density at radius 2 is 1.69 bits per heavy atom. The highest BCUT2D eigenvalue weighted by Gasteiger charge is 2.29. The molecule has 4 nitrogen and oxygen atoms in total. The molecule has 32 heavy (non-hydrogen) atoms. The highest BCUT2D eigenvalue weighted by Crippen LogP contribution is 2.25. The van der Waals surface area contributed by atoms with Crippen molar-refractivity contribution >= 4 is 46.8 Å². The number of nitrogens with zero attached hydrogens (tertiary/aromatic N) is 1. The SMILES string of the molecule is CCC(C)NC(=O)C(CC)N(Cc1ccc(F)cc1)C(=O)CSCc1ccc(Cl)c(Cl)c1. The van der Waals surface area contributed by atoms with Crippen molar-refractivity contribution in [1.82, 2.24) is 10.2 Å². The smallest absolute Gasteiger partial charge is 0.243 e. The second-order valence-corrected chi connectivity index (χ2v) is 9.43. The monoisotopic (exact) mass is 498 g/mol. The maximum absolute atomic E-state index is 13.3. The highest BCUT2D eigenvalue weighted by molar-refractivity contribution is 7.99. The summed E-state index contributed by atoms with van der Waals surface area (Å²) in [6.07, 6.45) is 1.28. The van der Waals surface area contributed by atoms with Crippen LogP contribution in [0.1, 0.15) is 44.7 Å². The van der Waals surface area contributed by atoms with Gasteiger partial charge in [0.25, 0.3) is 0 Å². The van der Waals surface area contributed by atoms with Gasteiger partial charge in [-0.2, -0.15) is 0 Å². The second-order valence-electron chi connectivity index (χ2n) is 7.63. The van der Waals surface area contributed by atoms with Crippen LogP contribution in [0.15, 0.2) is 42.5 Å². The summed E-state index contributed by atoms with van der Waals surface area (Å²) in [6, 6.07) is 10.8. The number of nitrogens with one attached hydrogen (secondary N) is 1. The van der Waals surface area contributed by atoms with Crippen LogP contribution >= 0.6 is 35.0 Å². The zero-order valence-electron chi connectivity index (χ0n) is 18.5. The largest absolute Gasteiger partial charge is 0.352 e. The van der Waals surface area contributed by atoms with Gasteiger partial charge < -0.3 is 10.2 Å². The average Bonchev–Trinajstić information content (AvgIpc) is 2.77. The van der Waals surface area contributed by atoms with E-state index in [4.69, 9.17) is 23.2 Å². The average molecular weight is 499 g/mol. The second kappa shape index (κ2) is 13.1. The molecule has 2 aromatic rings. The molecule has 0 saturated carbocycles. The van der Waals surface area contributed by atoms with Gasteiger partial charge in [0.15, 0.2) is 0 Å². The number of hydrogen-bond donors (Lipinski definition) is 1. The van der Waals surface area contributed by atoms with Crippen LogP contribution in [0.5, 0.6) is 0 Å². The topological polar surface area (TPSA) is 49.4 Å². The van der Waals surface area contributed by atoms with Gasteiger partial charge in [-0.05, 0) is 55.2 Å². The number of rotatable bonds is 11. The van der Waals surface area contributed by atoms with Gasteiger partial charge in [0.05, 0.1) is 15.8 Å². The van der Waals surface area contributed by atoms with E-state index in [1.807, 2.05) is 26.8 Å². The zero-order valence-corrected chi connectivity index (χ0v) is 20.9. The van der Waals surface area contributed by atoms with E-state index >= 15 is 0 Å². The van der Waals surface area contributed by atoms with Crippen molar-refractivity contribution in [3.05, 3.63) is 69.5 Å². The lowest BCUT2D eigenvalue weighted by atomic mass is 10.1. The number of benzene rings is 2. The molecule has 2 unspecified atom stereocenters. The van der Waals surface area contributed by atoms with E-state index in [-0.39, 0.29) is 36.0 Å². The van der Waals surface area contributed by atoms with E-state index in [0.717, 1.165) is 17.5 Å². The lowest BCUT2D eigenvalue weighted by Gasteiger charge is -2.31. The number of carbonyl (C=O) groups excluding carboxylic acids is 2. The molecule has 2 rings (SSSR count). The van der Waals surface area contributed by atoms with Crippen LogP contribution in [0.4, 0.5) is 4.39 Å². The summed E-state index contributed by atoms with van der Waals surface area (Å²) in [5.74, 6) is 0.125. The van der Waals surface area contributed by atoms with E-state index in [9.17, 15) is 14.0 Å². The minimum absolute atomic E-state index is 0.0170. The molecule has 2 atom stereocenters. The zero-order chi connectivity index (χ0) is 23.7. The third-order valence-corrected chi connectivity index (χ3v) is 6.86. The van der Waals surface area contributed by atoms with Crippen LogP contribution < -0.4 is 5.32 Å². The Balaban J connectivity index is 2.13. The predicted molar refractivity (Wildman–Crippen MR) is 132 cm³/mol. The van der Waals surface area contributed by atoms with E-state index in [2.05, 4.69) is 5.32 Å². The number of thioether (sulfide) groups is 1. The van der Waals surface area contributed by atoms with Crippen molar-refractivity contribution < 1.29 is 14.0 Å². The Labute approximate surface area is 203 Å². The molecule has 0 aliphatic heterocycles. The van der Waals surface area contributed by atoms with Crippen LogP contribution in [-0.4, -0.2) is 34.6 Å². The Hall–Kier alpha value is -1.76. The van der Waals surface area contributed by atoms with Crippen LogP contribution in [0.25, 0.3) is 0 Å². The molecule has 0 saturated heterocycles. The first-order valence-electron chi connectivity index (χ1n) is 10.6. The summed E-state index contributed by atoms with van der Waals surface area (Å²) in [5.41, 5.74) is 1.73. The quantitative estimate of drug-likeness (QED) is 0.407. The summed E-state index contributed by atoms with van der Waals surface area (Å²) in [4.78, 5) is 27.7. The molecule has 2 amide bonds. The minimum atomic E-state index is -0.605. The molecule has 0 fully saturated rings. The third-order valence-electron chi connectivity index (χ3n) is 5.13. The van der Waals surface area contributed by atoms with Crippen LogP contribution in [0.3, 0.4) is 0 Å². The minimum Gasteiger partial charge on any atom is -0.352 e. The first-order valence-corrected chi connectivity index (χ1v) is 12.5. The standard InChI is InChI=1S/C24H29Cl2FN2O2S/c1-4-16(3)28-24(31)22(5-2)29(13-17-6-9-19(27)10-7-17)23(30)15-32-14-18-8-11-20(25)21(26)12-18/h6-12,16,22H,4-5,13-15H2,1-3H3,(H,28,31). The van der Waals surface area contributed by atoms with Gasteiger partial charge in [-0.15, -0.1) is 11.8 Å². The van der Waals surface area contributed by atoms with Gasteiger partial charge in [0, 0.05) is 18.3 Å². The van der Waals surface area contributed by atoms with Gasteiger partial charge in [-0.3, -0.25) is 9.59 Å². The van der Waals surface area contributed by atoms with Crippen molar-refractivity contribution in [1.29, 1.82) is 0 Å². The van der Waals surface area contributed by atoms with Crippen molar-refractivity contribution in [3.8, 4) is 0 Å². The van der Waals surface area contributed by atoms with Gasteiger partial charge in [-0.1, -0.05) is 55.2 Å². The molecular weight excluding hydrogens is 470 g/mol. The molecule has 0 spiro atoms. The Bertz CT molecular complexity index is 911. The molecule has 2 aromatic carbocycles. The fourth-order valence-electron chi connectivity index (χ4n) is 3.12. The normalized spacial score (nSPS) is 12.8. The molecule has 0 bridgehead atoms. The Kier molecular flexibility index (Phi) is 10.8. The first kappa shape index (κ1) is 26.5. The number of carbonyl (C=O) groups is 2. The van der Waals surface area contributed by atoms with Crippen molar-refractivity contribution in [2.75, 3.05) is 5.75 Å². The summed E-state index contributed by atoms with van der Waals surface area (Å²) in [5, 5.41) is 3.94. The fraction of sp³-hybridized carbons (Fsp3) is 0.417. The summed E-state index contributed by atoms with van der Waals surface area (Å²) < 4.78 is 13.3. The molecule has 1 N–H and O–H groups in total. The summed E-state index contributed by atoms with van der Waals surface area (Å²) in [7, 11) is 0. The summed E-state index contributed by atoms with van der Waals surface area (Å²) >= 11 is 13.5. The van der Waals surface area contributed by atoms with E-state index in [0.29, 0.717) is 22.2 Å². The van der Waals surface area contributed by atoms with Crippen molar-refractivity contribution in [2.45, 2.75) is 58.0 Å². The van der Waals surface area contributed by atoms with Crippen molar-refractivity contribution in [3.63, 3.8) is 0 Å². The molecule has 8 heteroatoms. The molecular formula is C24H29Cl2FN2O2S. The number of hydrogen-bond acceptors (Lipinski definition) is 3. The number of amides is 2. The first-order chi connectivity index (χ1) is 15.2.